The zero-order valence-electron chi connectivity index (χ0n) is 38.0. The quantitative estimate of drug-likeness (QED) is 0.172. The van der Waals surface area contributed by atoms with Crippen molar-refractivity contribution in [3.8, 4) is 33.4 Å². The van der Waals surface area contributed by atoms with Crippen LogP contribution in [-0.4, -0.2) is 0 Å². The molecule has 7 aromatic carbocycles. The molecule has 3 aliphatic carbocycles. The zero-order chi connectivity index (χ0) is 42.8. The number of nitrogens with zero attached hydrogens (tertiary/aromatic N) is 1. The molecule has 0 unspecified atom stereocenters. The van der Waals surface area contributed by atoms with Gasteiger partial charge in [-0.05, 0) is 120 Å². The topological polar surface area (TPSA) is 3.24 Å². The summed E-state index contributed by atoms with van der Waals surface area (Å²) >= 11 is 1.99. The smallest absolute Gasteiger partial charge is 0.0543 e. The average Bonchev–Trinajstić information content (AvgIpc) is 3.85. The molecule has 304 valence electrons. The molecule has 0 atom stereocenters. The molecule has 61 heavy (non-hydrogen) atoms. The summed E-state index contributed by atoms with van der Waals surface area (Å²) in [5.74, 6) is 0. The van der Waals surface area contributed by atoms with E-state index >= 15 is 0 Å². The van der Waals surface area contributed by atoms with Gasteiger partial charge < -0.3 is 4.90 Å². The normalized spacial score (nSPS) is 16.3. The molecule has 0 radical (unpaired) electrons. The first kappa shape index (κ1) is 38.5. The Morgan fingerprint density at radius 3 is 1.59 bits per heavy atom. The Labute approximate surface area is 367 Å². The fraction of sp³-hybridized carbons (Fsp3) is 0.288. The van der Waals surface area contributed by atoms with E-state index in [1.54, 1.807) is 0 Å². The van der Waals surface area contributed by atoms with Crippen LogP contribution in [0.25, 0.3) is 53.6 Å². The molecular weight excluding hydrogens is 755 g/mol. The van der Waals surface area contributed by atoms with Gasteiger partial charge in [0.05, 0.1) is 11.4 Å². The van der Waals surface area contributed by atoms with Gasteiger partial charge in [0.25, 0.3) is 0 Å². The molecule has 1 heterocycles. The maximum Gasteiger partial charge on any atom is 0.0543 e. The van der Waals surface area contributed by atoms with Crippen LogP contribution in [0.3, 0.4) is 0 Å². The Morgan fingerprint density at radius 1 is 0.426 bits per heavy atom. The molecule has 0 bridgehead atoms. The second kappa shape index (κ2) is 12.4. The lowest BCUT2D eigenvalue weighted by atomic mass is 9.79. The molecule has 0 N–H and O–H groups in total. The number of rotatable bonds is 3. The summed E-state index contributed by atoms with van der Waals surface area (Å²) in [6.45, 7) is 28.6. The van der Waals surface area contributed by atoms with Crippen LogP contribution in [0.2, 0.25) is 0 Å². The van der Waals surface area contributed by atoms with Crippen LogP contribution in [0.4, 0.5) is 17.1 Å². The molecule has 11 rings (SSSR count). The second-order valence-corrected chi connectivity index (χ2v) is 22.9. The predicted molar refractivity (Wildman–Crippen MR) is 264 cm³/mol. The highest BCUT2D eigenvalue weighted by Crippen LogP contribution is 2.60. The number of anilines is 3. The molecule has 1 aromatic heterocycles. The number of benzene rings is 7. The standard InChI is InChI=1S/C59H57NS/c1-55(2,3)34-29-40-39-32-41-47(33-51(39)61-54(40)48(30-34)56(4,5)6)59(11,12)45-24-18-26-50(53(41)45)60(35-27-28-37-36-19-13-15-21-42(36)58(9,10)46(37)31-35)49-25-17-23-44-52(49)38-20-14-16-22-43(38)57(44,7)8/h13-33H,1-12H3. The van der Waals surface area contributed by atoms with E-state index in [0.29, 0.717) is 0 Å². The van der Waals surface area contributed by atoms with Gasteiger partial charge in [0.2, 0.25) is 0 Å². The third-order valence-electron chi connectivity index (χ3n) is 14.9. The molecular formula is C59H57NS. The van der Waals surface area contributed by atoms with Gasteiger partial charge in [0.15, 0.2) is 0 Å². The van der Waals surface area contributed by atoms with E-state index in [1.165, 1.54) is 115 Å². The number of hydrogen-bond donors (Lipinski definition) is 0. The Kier molecular flexibility index (Phi) is 7.79. The van der Waals surface area contributed by atoms with Crippen molar-refractivity contribution in [2.75, 3.05) is 4.90 Å². The van der Waals surface area contributed by atoms with E-state index in [2.05, 4.69) is 215 Å². The first-order valence-electron chi connectivity index (χ1n) is 22.3. The highest BCUT2D eigenvalue weighted by Gasteiger charge is 2.42. The first-order chi connectivity index (χ1) is 28.8. The van der Waals surface area contributed by atoms with Gasteiger partial charge in [-0.2, -0.15) is 0 Å². The summed E-state index contributed by atoms with van der Waals surface area (Å²) in [5, 5.41) is 2.76. The van der Waals surface area contributed by atoms with Gasteiger partial charge in [0.1, 0.15) is 0 Å². The average molecular weight is 812 g/mol. The van der Waals surface area contributed by atoms with Crippen LogP contribution in [0.5, 0.6) is 0 Å². The van der Waals surface area contributed by atoms with Crippen molar-refractivity contribution in [1.29, 1.82) is 0 Å². The molecule has 3 aliphatic rings. The van der Waals surface area contributed by atoms with E-state index in [-0.39, 0.29) is 27.1 Å². The SMILES string of the molecule is CC(C)(C)c1cc(C(C)(C)C)c2sc3cc4c(cc3c2c1)-c1c(N(c2ccc3c(c2)C(C)(C)c2ccccc2-3)c2cccc3c2-c2ccccc2C3(C)C)cccc1C4(C)C. The largest absolute Gasteiger partial charge is 0.309 e. The number of fused-ring (bicyclic) bond motifs is 12. The van der Waals surface area contributed by atoms with Crippen LogP contribution < -0.4 is 4.90 Å². The van der Waals surface area contributed by atoms with Crippen molar-refractivity contribution >= 4 is 48.6 Å². The molecule has 0 aliphatic heterocycles. The maximum atomic E-state index is 2.63. The molecule has 0 spiro atoms. The maximum absolute atomic E-state index is 2.63. The van der Waals surface area contributed by atoms with Crippen molar-refractivity contribution in [2.24, 2.45) is 0 Å². The number of hydrogen-bond acceptors (Lipinski definition) is 2. The van der Waals surface area contributed by atoms with Crippen molar-refractivity contribution in [2.45, 2.75) is 110 Å². The lowest BCUT2D eigenvalue weighted by Gasteiger charge is -2.32. The van der Waals surface area contributed by atoms with Gasteiger partial charge in [-0.3, -0.25) is 0 Å². The van der Waals surface area contributed by atoms with Crippen molar-refractivity contribution in [1.82, 2.24) is 0 Å². The van der Waals surface area contributed by atoms with Gasteiger partial charge in [0, 0.05) is 53.2 Å². The molecule has 2 heteroatoms. The van der Waals surface area contributed by atoms with Crippen LogP contribution in [0, 0.1) is 0 Å². The zero-order valence-corrected chi connectivity index (χ0v) is 38.8. The van der Waals surface area contributed by atoms with Crippen molar-refractivity contribution < 1.29 is 0 Å². The van der Waals surface area contributed by atoms with E-state index in [1.807, 2.05) is 11.3 Å². The minimum Gasteiger partial charge on any atom is -0.309 e. The Morgan fingerprint density at radius 2 is 0.951 bits per heavy atom. The summed E-state index contributed by atoms with van der Waals surface area (Å²) in [5.41, 5.74) is 22.6. The summed E-state index contributed by atoms with van der Waals surface area (Å²) in [6.07, 6.45) is 0. The van der Waals surface area contributed by atoms with Crippen molar-refractivity contribution in [3.05, 3.63) is 172 Å². The van der Waals surface area contributed by atoms with E-state index < -0.39 is 0 Å². The van der Waals surface area contributed by atoms with Gasteiger partial charge in [-0.25, -0.2) is 0 Å². The van der Waals surface area contributed by atoms with Crippen LogP contribution >= 0.6 is 11.3 Å². The Bertz CT molecular complexity index is 3190. The lowest BCUT2D eigenvalue weighted by molar-refractivity contribution is 0.573. The Hall–Kier alpha value is -5.44. The molecule has 0 saturated carbocycles. The fourth-order valence-electron chi connectivity index (χ4n) is 11.5. The third kappa shape index (κ3) is 5.24. The summed E-state index contributed by atoms with van der Waals surface area (Å²) in [6, 6.07) is 49.7. The summed E-state index contributed by atoms with van der Waals surface area (Å²) < 4.78 is 2.81. The van der Waals surface area contributed by atoms with Crippen LogP contribution in [-0.2, 0) is 27.1 Å². The molecule has 8 aromatic rings. The van der Waals surface area contributed by atoms with Crippen LogP contribution in [0.1, 0.15) is 128 Å². The van der Waals surface area contributed by atoms with E-state index in [4.69, 9.17) is 0 Å². The van der Waals surface area contributed by atoms with Gasteiger partial charge in [-0.1, -0.05) is 168 Å². The predicted octanol–water partition coefficient (Wildman–Crippen LogP) is 17.0. The summed E-state index contributed by atoms with van der Waals surface area (Å²) in [7, 11) is 0. The minimum atomic E-state index is -0.186. The summed E-state index contributed by atoms with van der Waals surface area (Å²) in [4.78, 5) is 2.63. The Balaban J connectivity index is 1.22. The highest BCUT2D eigenvalue weighted by atomic mass is 32.1. The number of thiophene rings is 1. The molecule has 0 saturated heterocycles. The molecule has 1 nitrogen and oxygen atoms in total. The fourth-order valence-corrected chi connectivity index (χ4v) is 12.9. The lowest BCUT2D eigenvalue weighted by Crippen LogP contribution is -2.18. The van der Waals surface area contributed by atoms with Crippen LogP contribution in [0.15, 0.2) is 127 Å². The first-order valence-corrected chi connectivity index (χ1v) is 23.1. The molecule has 0 fully saturated rings. The van der Waals surface area contributed by atoms with Crippen molar-refractivity contribution in [3.63, 3.8) is 0 Å². The van der Waals surface area contributed by atoms with Gasteiger partial charge in [-0.15, -0.1) is 11.3 Å². The van der Waals surface area contributed by atoms with E-state index in [0.717, 1.165) is 0 Å². The minimum absolute atomic E-state index is 0.0254. The van der Waals surface area contributed by atoms with E-state index in [9.17, 15) is 0 Å². The van der Waals surface area contributed by atoms with Gasteiger partial charge >= 0.3 is 0 Å². The highest BCUT2D eigenvalue weighted by molar-refractivity contribution is 7.26. The molecule has 0 amide bonds. The monoisotopic (exact) mass is 811 g/mol. The second-order valence-electron chi connectivity index (χ2n) is 21.8. The third-order valence-corrected chi connectivity index (χ3v) is 16.1.